The van der Waals surface area contributed by atoms with E-state index in [4.69, 9.17) is 14.2 Å². The maximum absolute atomic E-state index is 13.7. The molecule has 0 radical (unpaired) electrons. The van der Waals surface area contributed by atoms with Crippen LogP contribution in [0.1, 0.15) is 45.6 Å². The molecule has 0 amide bonds. The molecule has 0 fully saturated rings. The molecule has 0 unspecified atom stereocenters. The third-order valence-corrected chi connectivity index (χ3v) is 5.77. The van der Waals surface area contributed by atoms with Crippen molar-refractivity contribution >= 4 is 17.7 Å². The van der Waals surface area contributed by atoms with Crippen LogP contribution in [-0.2, 0) is 23.9 Å². The number of ketones is 1. The molecule has 0 saturated heterocycles. The largest absolute Gasteiger partial charge is 0.496 e. The molecule has 7 nitrogen and oxygen atoms in total. The molecule has 31 heavy (non-hydrogen) atoms. The van der Waals surface area contributed by atoms with Gasteiger partial charge in [-0.3, -0.25) is 9.59 Å². The van der Waals surface area contributed by atoms with Crippen LogP contribution in [0.4, 0.5) is 0 Å². The van der Waals surface area contributed by atoms with E-state index in [2.05, 4.69) is 5.32 Å². The van der Waals surface area contributed by atoms with Crippen molar-refractivity contribution in [3.05, 3.63) is 52.4 Å². The van der Waals surface area contributed by atoms with Crippen LogP contribution in [0.15, 0.2) is 46.8 Å². The van der Waals surface area contributed by atoms with Gasteiger partial charge in [0, 0.05) is 22.5 Å². The number of hydrogen-bond donors (Lipinski definition) is 1. The van der Waals surface area contributed by atoms with E-state index in [-0.39, 0.29) is 24.9 Å². The van der Waals surface area contributed by atoms with Crippen LogP contribution in [0.25, 0.3) is 0 Å². The number of methoxy groups -OCH3 is 1. The summed E-state index contributed by atoms with van der Waals surface area (Å²) in [6, 6.07) is 7.27. The number of carbonyl (C=O) groups is 3. The Balaban J connectivity index is 2.20. The lowest BCUT2D eigenvalue weighted by Crippen LogP contribution is -2.43. The molecule has 7 heteroatoms. The van der Waals surface area contributed by atoms with E-state index in [1.54, 1.807) is 33.9 Å². The van der Waals surface area contributed by atoms with Crippen LogP contribution in [-0.4, -0.2) is 38.0 Å². The van der Waals surface area contributed by atoms with E-state index in [0.29, 0.717) is 34.6 Å². The van der Waals surface area contributed by atoms with Gasteiger partial charge in [-0.1, -0.05) is 25.1 Å². The monoisotopic (exact) mass is 427 g/mol. The van der Waals surface area contributed by atoms with Gasteiger partial charge in [0.25, 0.3) is 0 Å². The fraction of sp³-hybridized carbons (Fsp3) is 0.458. The second kappa shape index (κ2) is 9.37. The number of carbonyl (C=O) groups excluding carboxylic acids is 3. The highest BCUT2D eigenvalue weighted by atomic mass is 16.5. The van der Waals surface area contributed by atoms with Crippen LogP contribution < -0.4 is 10.1 Å². The zero-order chi connectivity index (χ0) is 22.7. The molecule has 1 aliphatic heterocycles. The van der Waals surface area contributed by atoms with E-state index in [9.17, 15) is 14.4 Å². The van der Waals surface area contributed by atoms with Crippen molar-refractivity contribution in [2.75, 3.05) is 20.3 Å². The summed E-state index contributed by atoms with van der Waals surface area (Å²) in [6.07, 6.45) is 0.490. The van der Waals surface area contributed by atoms with Gasteiger partial charge < -0.3 is 19.5 Å². The third-order valence-electron chi connectivity index (χ3n) is 5.77. The number of benzene rings is 1. The van der Waals surface area contributed by atoms with Crippen LogP contribution in [0, 0.1) is 11.8 Å². The third kappa shape index (κ3) is 4.09. The second-order valence-corrected chi connectivity index (χ2v) is 7.73. The molecule has 1 N–H and O–H groups in total. The molecule has 3 rings (SSSR count). The number of hydrogen-bond acceptors (Lipinski definition) is 7. The second-order valence-electron chi connectivity index (χ2n) is 7.73. The van der Waals surface area contributed by atoms with Gasteiger partial charge in [0.05, 0.1) is 31.8 Å². The molecule has 1 aromatic carbocycles. The molecule has 166 valence electrons. The summed E-state index contributed by atoms with van der Waals surface area (Å²) in [7, 11) is 1.54. The number of dihydropyridines is 1. The van der Waals surface area contributed by atoms with Crippen molar-refractivity contribution in [2.24, 2.45) is 11.8 Å². The lowest BCUT2D eigenvalue weighted by Gasteiger charge is -2.38. The lowest BCUT2D eigenvalue weighted by atomic mass is 9.69. The molecule has 1 aromatic rings. The average molecular weight is 427 g/mol. The highest BCUT2D eigenvalue weighted by molar-refractivity contribution is 6.12. The van der Waals surface area contributed by atoms with Crippen LogP contribution in [0.2, 0.25) is 0 Å². The number of esters is 2. The van der Waals surface area contributed by atoms with Gasteiger partial charge in [0.1, 0.15) is 11.7 Å². The topological polar surface area (TPSA) is 90.9 Å². The van der Waals surface area contributed by atoms with Crippen LogP contribution in [0.3, 0.4) is 0 Å². The van der Waals surface area contributed by atoms with E-state index in [1.165, 1.54) is 0 Å². The van der Waals surface area contributed by atoms with Gasteiger partial charge in [-0.2, -0.15) is 0 Å². The normalized spacial score (nSPS) is 23.1. The van der Waals surface area contributed by atoms with Crippen molar-refractivity contribution < 1.29 is 28.6 Å². The minimum atomic E-state index is -0.917. The molecular weight excluding hydrogens is 398 g/mol. The highest BCUT2D eigenvalue weighted by Gasteiger charge is 2.47. The molecular formula is C24H29NO6. The first-order valence-corrected chi connectivity index (χ1v) is 10.6. The molecule has 0 bridgehead atoms. The Morgan fingerprint density at radius 1 is 1.13 bits per heavy atom. The molecule has 1 heterocycles. The SMILES string of the molecule is CCOC(=O)C1=C(C)NC2=C(C(=O)[C@@H](C(=O)OCC)[C@@H](C)C2)[C@@H]1c1ccccc1OC. The Bertz CT molecular complexity index is 961. The summed E-state index contributed by atoms with van der Waals surface area (Å²) in [5.74, 6) is -2.67. The van der Waals surface area contributed by atoms with Gasteiger partial charge in [-0.25, -0.2) is 4.79 Å². The fourth-order valence-electron chi connectivity index (χ4n) is 4.48. The average Bonchev–Trinajstić information content (AvgIpc) is 2.73. The van der Waals surface area contributed by atoms with Gasteiger partial charge in [-0.15, -0.1) is 0 Å². The standard InChI is InChI=1S/C24H29NO6/c1-6-30-23(27)18-13(3)12-16-21(22(18)26)20(15-10-8-9-11-17(15)29-5)19(14(4)25-16)24(28)31-7-2/h8-11,13,18,20,25H,6-7,12H2,1-5H3/t13-,18-,20+/m0/s1. The van der Waals surface area contributed by atoms with Crippen molar-refractivity contribution in [3.8, 4) is 5.75 Å². The Morgan fingerprint density at radius 3 is 2.45 bits per heavy atom. The first kappa shape index (κ1) is 22.6. The van der Waals surface area contributed by atoms with E-state index in [1.807, 2.05) is 25.1 Å². The van der Waals surface area contributed by atoms with Gasteiger partial charge in [-0.05, 0) is 39.2 Å². The molecule has 0 saturated carbocycles. The van der Waals surface area contributed by atoms with Crippen molar-refractivity contribution in [1.82, 2.24) is 5.32 Å². The first-order valence-electron chi connectivity index (χ1n) is 10.6. The zero-order valence-electron chi connectivity index (χ0n) is 18.6. The molecule has 3 atom stereocenters. The number of ether oxygens (including phenoxy) is 3. The quantitative estimate of drug-likeness (QED) is 0.550. The Hall–Kier alpha value is -3.09. The van der Waals surface area contributed by atoms with Crippen molar-refractivity contribution in [1.29, 1.82) is 0 Å². The number of allylic oxidation sites excluding steroid dienone is 3. The van der Waals surface area contributed by atoms with E-state index < -0.39 is 23.8 Å². The predicted octanol–water partition coefficient (Wildman–Crippen LogP) is 3.26. The Morgan fingerprint density at radius 2 is 1.81 bits per heavy atom. The summed E-state index contributed by atoms with van der Waals surface area (Å²) < 4.78 is 16.1. The molecule has 0 aromatic heterocycles. The van der Waals surface area contributed by atoms with Gasteiger partial charge in [0.2, 0.25) is 0 Å². The van der Waals surface area contributed by atoms with Crippen molar-refractivity contribution in [2.45, 2.75) is 40.0 Å². The molecule has 0 spiro atoms. The first-order chi connectivity index (χ1) is 14.8. The minimum absolute atomic E-state index is 0.197. The summed E-state index contributed by atoms with van der Waals surface area (Å²) in [5.41, 5.74) is 2.76. The van der Waals surface area contributed by atoms with Crippen molar-refractivity contribution in [3.63, 3.8) is 0 Å². The highest BCUT2D eigenvalue weighted by Crippen LogP contribution is 2.47. The summed E-state index contributed by atoms with van der Waals surface area (Å²) in [6.45, 7) is 7.51. The minimum Gasteiger partial charge on any atom is -0.496 e. The maximum Gasteiger partial charge on any atom is 0.336 e. The zero-order valence-corrected chi connectivity index (χ0v) is 18.6. The predicted molar refractivity (Wildman–Crippen MR) is 114 cm³/mol. The number of rotatable bonds is 6. The summed E-state index contributed by atoms with van der Waals surface area (Å²) >= 11 is 0. The smallest absolute Gasteiger partial charge is 0.336 e. The number of Topliss-reactive ketones (excluding diaryl/α,β-unsaturated/α-hetero) is 1. The van der Waals surface area contributed by atoms with E-state index in [0.717, 1.165) is 5.70 Å². The molecule has 1 aliphatic carbocycles. The maximum atomic E-state index is 13.7. The number of nitrogens with one attached hydrogen (secondary N) is 1. The molecule has 2 aliphatic rings. The number of para-hydroxylation sites is 1. The van der Waals surface area contributed by atoms with Crippen LogP contribution >= 0.6 is 0 Å². The fourth-order valence-corrected chi connectivity index (χ4v) is 4.48. The lowest BCUT2D eigenvalue weighted by molar-refractivity contribution is -0.153. The van der Waals surface area contributed by atoms with Gasteiger partial charge >= 0.3 is 11.9 Å². The summed E-state index contributed by atoms with van der Waals surface area (Å²) in [5, 5.41) is 3.24. The van der Waals surface area contributed by atoms with Gasteiger partial charge in [0.15, 0.2) is 5.78 Å². The Kier molecular flexibility index (Phi) is 6.83. The van der Waals surface area contributed by atoms with Crippen LogP contribution in [0.5, 0.6) is 5.75 Å². The Labute approximate surface area is 182 Å². The van der Waals surface area contributed by atoms with E-state index >= 15 is 0 Å². The summed E-state index contributed by atoms with van der Waals surface area (Å²) in [4.78, 5) is 39.3.